The van der Waals surface area contributed by atoms with E-state index in [2.05, 4.69) is 6.58 Å². The molecule has 0 radical (unpaired) electrons. The van der Waals surface area contributed by atoms with Gasteiger partial charge < -0.3 is 4.74 Å². The first-order chi connectivity index (χ1) is 9.15. The number of carbonyl (C=O) groups is 1. The van der Waals surface area contributed by atoms with Gasteiger partial charge in [-0.2, -0.15) is 0 Å². The molecule has 0 spiro atoms. The molecule has 1 aliphatic rings. The van der Waals surface area contributed by atoms with Crippen LogP contribution in [0.25, 0.3) is 6.08 Å². The van der Waals surface area contributed by atoms with E-state index >= 15 is 0 Å². The predicted octanol–water partition coefficient (Wildman–Crippen LogP) is 3.08. The quantitative estimate of drug-likeness (QED) is 0.484. The number of methoxy groups -OCH3 is 1. The molecule has 1 aliphatic heterocycles. The molecule has 1 aromatic carbocycles. The molecular weight excluding hydrogens is 278 g/mol. The highest BCUT2D eigenvalue weighted by molar-refractivity contribution is 8.26. The first-order valence-electron chi connectivity index (χ1n) is 5.66. The highest BCUT2D eigenvalue weighted by atomic mass is 32.2. The zero-order valence-corrected chi connectivity index (χ0v) is 12.1. The van der Waals surface area contributed by atoms with Gasteiger partial charge >= 0.3 is 0 Å². The van der Waals surface area contributed by atoms with Crippen LogP contribution in [0.1, 0.15) is 5.56 Å². The second-order valence-corrected chi connectivity index (χ2v) is 5.53. The Morgan fingerprint density at radius 3 is 3.00 bits per heavy atom. The van der Waals surface area contributed by atoms with Crippen molar-refractivity contribution >= 4 is 40.3 Å². The van der Waals surface area contributed by atoms with Crippen LogP contribution < -0.4 is 4.74 Å². The SMILES string of the molecule is C=CCN1C(=O)/C(=C/c2cccc(OC)c2)SC1=S. The summed E-state index contributed by atoms with van der Waals surface area (Å²) in [4.78, 5) is 14.3. The van der Waals surface area contributed by atoms with E-state index in [1.807, 2.05) is 30.3 Å². The number of amides is 1. The summed E-state index contributed by atoms with van der Waals surface area (Å²) in [7, 11) is 1.61. The summed E-state index contributed by atoms with van der Waals surface area (Å²) in [5.74, 6) is 0.688. The molecule has 98 valence electrons. The minimum Gasteiger partial charge on any atom is -0.497 e. The van der Waals surface area contributed by atoms with E-state index in [4.69, 9.17) is 17.0 Å². The Balaban J connectivity index is 2.26. The van der Waals surface area contributed by atoms with Crippen molar-refractivity contribution in [1.82, 2.24) is 4.90 Å². The van der Waals surface area contributed by atoms with Crippen LogP contribution in [0.4, 0.5) is 0 Å². The average molecular weight is 291 g/mol. The Bertz CT molecular complexity index is 566. The van der Waals surface area contributed by atoms with E-state index in [-0.39, 0.29) is 5.91 Å². The Morgan fingerprint density at radius 2 is 2.32 bits per heavy atom. The topological polar surface area (TPSA) is 29.5 Å². The van der Waals surface area contributed by atoms with E-state index in [0.29, 0.717) is 15.8 Å². The van der Waals surface area contributed by atoms with Crippen LogP contribution in [0.5, 0.6) is 5.75 Å². The monoisotopic (exact) mass is 291 g/mol. The lowest BCUT2D eigenvalue weighted by Gasteiger charge is -2.10. The third-order valence-electron chi connectivity index (χ3n) is 2.58. The van der Waals surface area contributed by atoms with E-state index in [1.165, 1.54) is 11.8 Å². The normalized spacial score (nSPS) is 17.1. The van der Waals surface area contributed by atoms with Gasteiger partial charge in [-0.3, -0.25) is 9.69 Å². The van der Waals surface area contributed by atoms with Crippen LogP contribution >= 0.6 is 24.0 Å². The molecule has 1 heterocycles. The van der Waals surface area contributed by atoms with E-state index in [1.54, 1.807) is 18.1 Å². The maximum Gasteiger partial charge on any atom is 0.266 e. The highest BCUT2D eigenvalue weighted by Gasteiger charge is 2.30. The van der Waals surface area contributed by atoms with Crippen LogP contribution in [0.15, 0.2) is 41.8 Å². The fourth-order valence-electron chi connectivity index (χ4n) is 1.67. The number of benzene rings is 1. The molecule has 0 saturated carbocycles. The maximum atomic E-state index is 12.1. The second-order valence-electron chi connectivity index (χ2n) is 3.86. The molecular formula is C14H13NO2S2. The van der Waals surface area contributed by atoms with Gasteiger partial charge in [-0.1, -0.05) is 42.2 Å². The summed E-state index contributed by atoms with van der Waals surface area (Å²) >= 11 is 6.49. The molecule has 1 amide bonds. The lowest BCUT2D eigenvalue weighted by Crippen LogP contribution is -2.27. The molecule has 0 unspecified atom stereocenters. The first-order valence-corrected chi connectivity index (χ1v) is 6.88. The molecule has 2 rings (SSSR count). The van der Waals surface area contributed by atoms with Crippen LogP contribution in [0.2, 0.25) is 0 Å². The number of nitrogens with zero attached hydrogens (tertiary/aromatic N) is 1. The van der Waals surface area contributed by atoms with Crippen LogP contribution in [-0.4, -0.2) is 28.8 Å². The van der Waals surface area contributed by atoms with E-state index in [0.717, 1.165) is 11.3 Å². The summed E-state index contributed by atoms with van der Waals surface area (Å²) in [6.45, 7) is 4.07. The molecule has 3 nitrogen and oxygen atoms in total. The Morgan fingerprint density at radius 1 is 1.53 bits per heavy atom. The number of hydrogen-bond acceptors (Lipinski definition) is 4. The number of thioether (sulfide) groups is 1. The van der Waals surface area contributed by atoms with Crippen molar-refractivity contribution in [2.75, 3.05) is 13.7 Å². The number of rotatable bonds is 4. The van der Waals surface area contributed by atoms with Gasteiger partial charge in [-0.15, -0.1) is 6.58 Å². The molecule has 0 N–H and O–H groups in total. The fraction of sp³-hybridized carbons (Fsp3) is 0.143. The smallest absolute Gasteiger partial charge is 0.266 e. The van der Waals surface area contributed by atoms with Gasteiger partial charge in [0.2, 0.25) is 0 Å². The Kier molecular flexibility index (Phi) is 4.39. The lowest BCUT2D eigenvalue weighted by molar-refractivity contribution is -0.121. The first kappa shape index (κ1) is 13.8. The van der Waals surface area contributed by atoms with Crippen molar-refractivity contribution in [3.8, 4) is 5.75 Å². The van der Waals surface area contributed by atoms with Crippen molar-refractivity contribution in [1.29, 1.82) is 0 Å². The largest absolute Gasteiger partial charge is 0.497 e. The van der Waals surface area contributed by atoms with E-state index < -0.39 is 0 Å². The molecule has 0 aromatic heterocycles. The highest BCUT2D eigenvalue weighted by Crippen LogP contribution is 2.32. The molecule has 19 heavy (non-hydrogen) atoms. The van der Waals surface area contributed by atoms with E-state index in [9.17, 15) is 4.79 Å². The van der Waals surface area contributed by atoms with Gasteiger partial charge in [0.25, 0.3) is 5.91 Å². The Hall–Kier alpha value is -1.59. The molecule has 0 atom stereocenters. The fourth-order valence-corrected chi connectivity index (χ4v) is 2.94. The van der Waals surface area contributed by atoms with Crippen molar-refractivity contribution in [3.63, 3.8) is 0 Å². The summed E-state index contributed by atoms with van der Waals surface area (Å²) < 4.78 is 5.73. The average Bonchev–Trinajstić information content (AvgIpc) is 2.67. The zero-order chi connectivity index (χ0) is 13.8. The molecule has 0 bridgehead atoms. The minimum absolute atomic E-state index is 0.0716. The summed E-state index contributed by atoms with van der Waals surface area (Å²) in [6, 6.07) is 7.54. The van der Waals surface area contributed by atoms with Gasteiger partial charge in [0.05, 0.1) is 12.0 Å². The molecule has 1 aromatic rings. The molecule has 1 saturated heterocycles. The van der Waals surface area contributed by atoms with Crippen molar-refractivity contribution in [2.24, 2.45) is 0 Å². The minimum atomic E-state index is -0.0716. The van der Waals surface area contributed by atoms with Gasteiger partial charge in [-0.25, -0.2) is 0 Å². The van der Waals surface area contributed by atoms with Crippen LogP contribution in [-0.2, 0) is 4.79 Å². The number of carbonyl (C=O) groups excluding carboxylic acids is 1. The zero-order valence-electron chi connectivity index (χ0n) is 10.5. The molecule has 5 heteroatoms. The van der Waals surface area contributed by atoms with Crippen LogP contribution in [0, 0.1) is 0 Å². The maximum absolute atomic E-state index is 12.1. The van der Waals surface area contributed by atoms with Crippen molar-refractivity contribution < 1.29 is 9.53 Å². The Labute approximate surface area is 121 Å². The van der Waals surface area contributed by atoms with Crippen LogP contribution in [0.3, 0.4) is 0 Å². The number of ether oxygens (including phenoxy) is 1. The standard InChI is InChI=1S/C14H13NO2S2/c1-3-7-15-13(16)12(19-14(15)18)9-10-5-4-6-11(8-10)17-2/h3-6,8-9H,1,7H2,2H3/b12-9-. The van der Waals surface area contributed by atoms with Gasteiger partial charge in [0.15, 0.2) is 0 Å². The van der Waals surface area contributed by atoms with Gasteiger partial charge in [0, 0.05) is 6.54 Å². The van der Waals surface area contributed by atoms with Crippen molar-refractivity contribution in [3.05, 3.63) is 47.4 Å². The number of hydrogen-bond donors (Lipinski definition) is 0. The van der Waals surface area contributed by atoms with Gasteiger partial charge in [-0.05, 0) is 23.8 Å². The summed E-state index contributed by atoms with van der Waals surface area (Å²) in [6.07, 6.45) is 3.49. The molecule has 0 aliphatic carbocycles. The van der Waals surface area contributed by atoms with Gasteiger partial charge in [0.1, 0.15) is 10.1 Å². The lowest BCUT2D eigenvalue weighted by atomic mass is 10.2. The third kappa shape index (κ3) is 3.05. The summed E-state index contributed by atoms with van der Waals surface area (Å²) in [5, 5.41) is 0. The molecule has 1 fully saturated rings. The second kappa shape index (κ2) is 6.04. The third-order valence-corrected chi connectivity index (χ3v) is 3.95. The summed E-state index contributed by atoms with van der Waals surface area (Å²) in [5.41, 5.74) is 0.915. The number of thiocarbonyl (C=S) groups is 1. The van der Waals surface area contributed by atoms with Crippen molar-refractivity contribution in [2.45, 2.75) is 0 Å². The predicted molar refractivity (Wildman–Crippen MR) is 83.1 cm³/mol.